The van der Waals surface area contributed by atoms with Crippen molar-refractivity contribution >= 4 is 14.7 Å². The van der Waals surface area contributed by atoms with Gasteiger partial charge in [0, 0.05) is 33.9 Å². The van der Waals surface area contributed by atoms with E-state index in [1.807, 2.05) is 0 Å². The average molecular weight is 265 g/mol. The first kappa shape index (κ1) is 16.5. The van der Waals surface area contributed by atoms with E-state index in [-0.39, 0.29) is 5.91 Å². The lowest BCUT2D eigenvalue weighted by atomic mass is 10.3. The van der Waals surface area contributed by atoms with E-state index in [9.17, 15) is 4.79 Å². The van der Waals surface area contributed by atoms with Crippen molar-refractivity contribution in [2.45, 2.75) is 31.9 Å². The number of amides is 1. The SMILES string of the molecule is CO[Si](CCCCNC(=O)C(C)O)(OC)OC. The number of carbonyl (C=O) groups is 1. The molecule has 0 aliphatic heterocycles. The number of carbonyl (C=O) groups excluding carboxylic acids is 1. The van der Waals surface area contributed by atoms with E-state index in [1.54, 1.807) is 21.3 Å². The molecule has 0 saturated carbocycles. The fraction of sp³-hybridized carbons (Fsp3) is 0.900. The Kier molecular flexibility index (Phi) is 8.35. The molecule has 1 atom stereocenters. The molecule has 0 heterocycles. The second-order valence-electron chi connectivity index (χ2n) is 3.72. The highest BCUT2D eigenvalue weighted by Crippen LogP contribution is 2.15. The maximum absolute atomic E-state index is 11.0. The maximum atomic E-state index is 11.0. The standard InChI is InChI=1S/C10H23NO5Si/c1-9(12)10(13)11-7-5-6-8-17(14-2,15-3)16-4/h9,12H,5-8H2,1-4H3,(H,11,13). The molecule has 6 nitrogen and oxygen atoms in total. The fourth-order valence-corrected chi connectivity index (χ4v) is 3.18. The Bertz CT molecular complexity index is 212. The number of hydrogen-bond acceptors (Lipinski definition) is 5. The van der Waals surface area contributed by atoms with E-state index in [1.165, 1.54) is 6.92 Å². The largest absolute Gasteiger partial charge is 0.500 e. The summed E-state index contributed by atoms with van der Waals surface area (Å²) in [6.45, 7) is 1.97. The molecule has 0 bridgehead atoms. The van der Waals surface area contributed by atoms with Gasteiger partial charge in [-0.25, -0.2) is 0 Å². The summed E-state index contributed by atoms with van der Waals surface area (Å²) in [4.78, 5) is 11.0. The van der Waals surface area contributed by atoms with Gasteiger partial charge < -0.3 is 23.7 Å². The van der Waals surface area contributed by atoms with Crippen LogP contribution in [0.15, 0.2) is 0 Å². The second kappa shape index (κ2) is 8.59. The Morgan fingerprint density at radius 2 is 1.76 bits per heavy atom. The molecule has 0 rings (SSSR count). The van der Waals surface area contributed by atoms with Crippen LogP contribution in [0.4, 0.5) is 0 Å². The summed E-state index contributed by atoms with van der Waals surface area (Å²) in [6.07, 6.45) is 0.672. The number of aliphatic hydroxyl groups is 1. The molecule has 0 aromatic rings. The average Bonchev–Trinajstić information content (AvgIpc) is 2.34. The van der Waals surface area contributed by atoms with Crippen molar-refractivity contribution in [1.29, 1.82) is 0 Å². The van der Waals surface area contributed by atoms with Crippen molar-refractivity contribution in [3.8, 4) is 0 Å². The van der Waals surface area contributed by atoms with Crippen molar-refractivity contribution in [2.24, 2.45) is 0 Å². The first-order valence-corrected chi connectivity index (χ1v) is 7.55. The van der Waals surface area contributed by atoms with Gasteiger partial charge in [0.15, 0.2) is 0 Å². The minimum absolute atomic E-state index is 0.348. The molecule has 0 saturated heterocycles. The second-order valence-corrected chi connectivity index (χ2v) is 6.81. The third-order valence-electron chi connectivity index (χ3n) is 2.52. The van der Waals surface area contributed by atoms with Gasteiger partial charge in [0.25, 0.3) is 0 Å². The van der Waals surface area contributed by atoms with Crippen LogP contribution in [0.5, 0.6) is 0 Å². The summed E-state index contributed by atoms with van der Waals surface area (Å²) in [7, 11) is 2.25. The van der Waals surface area contributed by atoms with Crippen LogP contribution in [-0.2, 0) is 18.1 Å². The summed E-state index contributed by atoms with van der Waals surface area (Å²) in [6, 6.07) is 0.709. The number of rotatable bonds is 9. The summed E-state index contributed by atoms with van der Waals surface area (Å²) < 4.78 is 15.8. The minimum Gasteiger partial charge on any atom is -0.384 e. The van der Waals surface area contributed by atoms with E-state index in [0.717, 1.165) is 12.8 Å². The summed E-state index contributed by atoms with van der Waals surface area (Å²) in [5.41, 5.74) is 0. The number of hydrogen-bond donors (Lipinski definition) is 2. The lowest BCUT2D eigenvalue weighted by Gasteiger charge is -2.24. The van der Waals surface area contributed by atoms with Crippen LogP contribution in [0.25, 0.3) is 0 Å². The highest BCUT2D eigenvalue weighted by Gasteiger charge is 2.36. The molecule has 1 unspecified atom stereocenters. The Hall–Kier alpha value is -0.473. The zero-order chi connectivity index (χ0) is 13.3. The quantitative estimate of drug-likeness (QED) is 0.458. The monoisotopic (exact) mass is 265 g/mol. The molecule has 102 valence electrons. The zero-order valence-corrected chi connectivity index (χ0v) is 12.0. The van der Waals surface area contributed by atoms with Crippen LogP contribution < -0.4 is 5.32 Å². The van der Waals surface area contributed by atoms with Crippen molar-refractivity contribution in [3.63, 3.8) is 0 Å². The number of aliphatic hydroxyl groups excluding tert-OH is 1. The smallest absolute Gasteiger partial charge is 0.384 e. The van der Waals surface area contributed by atoms with Crippen LogP contribution >= 0.6 is 0 Å². The van der Waals surface area contributed by atoms with Gasteiger partial charge in [-0.05, 0) is 19.8 Å². The molecule has 1 amide bonds. The molecule has 0 radical (unpaired) electrons. The first-order chi connectivity index (χ1) is 8.01. The Morgan fingerprint density at radius 1 is 1.24 bits per heavy atom. The molecule has 0 aliphatic rings. The summed E-state index contributed by atoms with van der Waals surface area (Å²) in [5.74, 6) is -0.348. The first-order valence-electron chi connectivity index (χ1n) is 5.62. The Balaban J connectivity index is 3.73. The molecular formula is C10H23NO5Si. The Morgan fingerprint density at radius 3 is 2.18 bits per heavy atom. The van der Waals surface area contributed by atoms with E-state index in [2.05, 4.69) is 5.32 Å². The molecule has 7 heteroatoms. The Labute approximate surface area is 104 Å². The lowest BCUT2D eigenvalue weighted by Crippen LogP contribution is -2.42. The molecular weight excluding hydrogens is 242 g/mol. The highest BCUT2D eigenvalue weighted by atomic mass is 28.4. The van der Waals surface area contributed by atoms with Gasteiger partial charge in [-0.3, -0.25) is 4.79 Å². The van der Waals surface area contributed by atoms with Crippen LogP contribution in [0.3, 0.4) is 0 Å². The van der Waals surface area contributed by atoms with Crippen LogP contribution in [0, 0.1) is 0 Å². The predicted octanol–water partition coefficient (Wildman–Crippen LogP) is 0.142. The van der Waals surface area contributed by atoms with Crippen molar-refractivity contribution in [3.05, 3.63) is 0 Å². The summed E-state index contributed by atoms with van der Waals surface area (Å²) in [5, 5.41) is 11.6. The van der Waals surface area contributed by atoms with E-state index >= 15 is 0 Å². The van der Waals surface area contributed by atoms with Gasteiger partial charge in [-0.1, -0.05) is 0 Å². The topological polar surface area (TPSA) is 77.0 Å². The van der Waals surface area contributed by atoms with E-state index in [4.69, 9.17) is 18.4 Å². The van der Waals surface area contributed by atoms with Gasteiger partial charge in [-0.2, -0.15) is 0 Å². The van der Waals surface area contributed by atoms with E-state index < -0.39 is 14.9 Å². The number of unbranched alkanes of at least 4 members (excludes halogenated alkanes) is 1. The molecule has 2 N–H and O–H groups in total. The van der Waals surface area contributed by atoms with Crippen LogP contribution in [0.2, 0.25) is 6.04 Å². The van der Waals surface area contributed by atoms with Crippen molar-refractivity contribution < 1.29 is 23.2 Å². The van der Waals surface area contributed by atoms with E-state index in [0.29, 0.717) is 12.6 Å². The summed E-state index contributed by atoms with van der Waals surface area (Å²) >= 11 is 0. The van der Waals surface area contributed by atoms with Gasteiger partial charge in [0.1, 0.15) is 6.10 Å². The normalized spacial score (nSPS) is 13.5. The minimum atomic E-state index is -2.48. The van der Waals surface area contributed by atoms with Gasteiger partial charge in [-0.15, -0.1) is 0 Å². The molecule has 0 aliphatic carbocycles. The van der Waals surface area contributed by atoms with Gasteiger partial charge in [0.05, 0.1) is 0 Å². The fourth-order valence-electron chi connectivity index (χ4n) is 1.38. The van der Waals surface area contributed by atoms with Gasteiger partial charge in [0.2, 0.25) is 5.91 Å². The predicted molar refractivity (Wildman–Crippen MR) is 65.5 cm³/mol. The number of nitrogens with one attached hydrogen (secondary N) is 1. The molecule has 0 aromatic carbocycles. The van der Waals surface area contributed by atoms with Crippen LogP contribution in [-0.4, -0.2) is 53.8 Å². The maximum Gasteiger partial charge on any atom is 0.500 e. The van der Waals surface area contributed by atoms with Crippen LogP contribution in [0.1, 0.15) is 19.8 Å². The third kappa shape index (κ3) is 6.13. The van der Waals surface area contributed by atoms with Crippen molar-refractivity contribution in [1.82, 2.24) is 5.32 Å². The molecule has 17 heavy (non-hydrogen) atoms. The molecule has 0 aromatic heterocycles. The molecule has 0 fully saturated rings. The molecule has 0 spiro atoms. The highest BCUT2D eigenvalue weighted by molar-refractivity contribution is 6.60. The zero-order valence-electron chi connectivity index (χ0n) is 11.0. The lowest BCUT2D eigenvalue weighted by molar-refractivity contribution is -0.128. The third-order valence-corrected chi connectivity index (χ3v) is 5.35. The van der Waals surface area contributed by atoms with Crippen molar-refractivity contribution in [2.75, 3.05) is 27.9 Å². The van der Waals surface area contributed by atoms with Gasteiger partial charge >= 0.3 is 8.80 Å².